The van der Waals surface area contributed by atoms with Gasteiger partial charge in [0.1, 0.15) is 0 Å². The van der Waals surface area contributed by atoms with Crippen LogP contribution >= 0.6 is 0 Å². The molecule has 3 aromatic carbocycles. The fraction of sp³-hybridized carbons (Fsp3) is 0. The first-order valence-corrected chi connectivity index (χ1v) is 9.29. The van der Waals surface area contributed by atoms with E-state index in [-0.39, 0.29) is 0 Å². The molecule has 134 valence electrons. The highest BCUT2D eigenvalue weighted by Crippen LogP contribution is 2.15. The third kappa shape index (κ3) is 2.71. The van der Waals surface area contributed by atoms with E-state index in [4.69, 9.17) is 0 Å². The van der Waals surface area contributed by atoms with E-state index in [0.29, 0.717) is 0 Å². The Morgan fingerprint density at radius 1 is 0.500 bits per heavy atom. The fourth-order valence-electron chi connectivity index (χ4n) is 2.78. The quantitative estimate of drug-likeness (QED) is 0.418. The minimum atomic E-state index is -4.95. The number of benzene rings is 3. The maximum Gasteiger partial charge on any atom is 0.294 e. The molecule has 1 N–H and O–H groups in total. The van der Waals surface area contributed by atoms with Crippen molar-refractivity contribution in [1.82, 2.24) is 0 Å². The van der Waals surface area contributed by atoms with Crippen LogP contribution < -0.4 is 15.6 Å². The molecule has 0 radical (unpaired) electrons. The maximum atomic E-state index is 14.4. The van der Waals surface area contributed by atoms with Crippen LogP contribution in [-0.2, 0) is 0 Å². The molecule has 0 saturated carbocycles. The van der Waals surface area contributed by atoms with Crippen molar-refractivity contribution < 1.29 is 31.1 Å². The van der Waals surface area contributed by atoms with Crippen molar-refractivity contribution in [3.05, 3.63) is 89.5 Å². The lowest BCUT2D eigenvalue weighted by Crippen LogP contribution is -2.70. The van der Waals surface area contributed by atoms with E-state index >= 15 is 0 Å². The summed E-state index contributed by atoms with van der Waals surface area (Å²) >= 11 is 0. The lowest BCUT2D eigenvalue weighted by atomic mass is 10.3. The topological polar surface area (TPSA) is 20.2 Å². The molecule has 0 amide bonds. The normalized spacial score (nSPS) is 11.7. The summed E-state index contributed by atoms with van der Waals surface area (Å²) in [5.74, 6) is -8.76. The van der Waals surface area contributed by atoms with Crippen LogP contribution in [0.4, 0.5) is 26.3 Å². The van der Waals surface area contributed by atoms with E-state index in [0.717, 1.165) is 54.6 Å². The standard InChI is InChI=1S/C18H10F6OSi/c19-10-4-1-7-13(16(10)22)26(25,14-8-2-5-11(20)17(14)23)15-9-3-6-12(21)18(15)24/h1-9,25H. The minimum absolute atomic E-state index is 0.748. The predicted molar refractivity (Wildman–Crippen MR) is 85.9 cm³/mol. The molecule has 0 aromatic heterocycles. The van der Waals surface area contributed by atoms with Gasteiger partial charge in [-0.2, -0.15) is 0 Å². The van der Waals surface area contributed by atoms with E-state index in [1.54, 1.807) is 0 Å². The molecule has 0 spiro atoms. The lowest BCUT2D eigenvalue weighted by molar-refractivity contribution is 0.496. The summed E-state index contributed by atoms with van der Waals surface area (Å²) < 4.78 is 84.3. The largest absolute Gasteiger partial charge is 0.421 e. The summed E-state index contributed by atoms with van der Waals surface area (Å²) in [4.78, 5) is 11.3. The molecular weight excluding hydrogens is 374 g/mol. The Bertz CT molecular complexity index is 866. The van der Waals surface area contributed by atoms with Crippen LogP contribution in [0, 0.1) is 34.9 Å². The Labute approximate surface area is 145 Å². The van der Waals surface area contributed by atoms with Crippen LogP contribution in [0.1, 0.15) is 0 Å². The number of halogens is 6. The van der Waals surface area contributed by atoms with Gasteiger partial charge in [-0.25, -0.2) is 26.3 Å². The second kappa shape index (κ2) is 6.62. The molecule has 0 saturated heterocycles. The summed E-state index contributed by atoms with van der Waals surface area (Å²) in [6, 6.07) is 8.12. The Hall–Kier alpha value is -2.58. The number of rotatable bonds is 3. The van der Waals surface area contributed by atoms with Gasteiger partial charge in [-0.1, -0.05) is 36.4 Å². The van der Waals surface area contributed by atoms with Crippen LogP contribution in [0.3, 0.4) is 0 Å². The molecule has 3 aromatic rings. The molecular formula is C18H10F6OSi. The highest BCUT2D eigenvalue weighted by Gasteiger charge is 2.46. The Balaban J connectivity index is 2.46. The number of hydrogen-bond donors (Lipinski definition) is 1. The van der Waals surface area contributed by atoms with Crippen LogP contribution in [0.5, 0.6) is 0 Å². The van der Waals surface area contributed by atoms with Gasteiger partial charge in [0.05, 0.1) is 0 Å². The van der Waals surface area contributed by atoms with Gasteiger partial charge >= 0.3 is 0 Å². The van der Waals surface area contributed by atoms with Crippen LogP contribution in [-0.4, -0.2) is 13.1 Å². The molecule has 0 fully saturated rings. The van der Waals surface area contributed by atoms with Crippen molar-refractivity contribution in [2.75, 3.05) is 0 Å². The molecule has 0 bridgehead atoms. The van der Waals surface area contributed by atoms with E-state index < -0.39 is 58.8 Å². The highest BCUT2D eigenvalue weighted by atomic mass is 28.4. The number of hydrogen-bond acceptors (Lipinski definition) is 1. The third-order valence-corrected chi connectivity index (χ3v) is 7.52. The fourth-order valence-corrected chi connectivity index (χ4v) is 5.98. The molecule has 0 atom stereocenters. The Kier molecular flexibility index (Phi) is 4.64. The van der Waals surface area contributed by atoms with Crippen molar-refractivity contribution in [3.63, 3.8) is 0 Å². The molecule has 26 heavy (non-hydrogen) atoms. The van der Waals surface area contributed by atoms with Gasteiger partial charge < -0.3 is 4.80 Å². The summed E-state index contributed by atoms with van der Waals surface area (Å²) in [7, 11) is -4.95. The van der Waals surface area contributed by atoms with Gasteiger partial charge in [0.15, 0.2) is 34.9 Å². The van der Waals surface area contributed by atoms with Gasteiger partial charge in [0.25, 0.3) is 8.32 Å². The average Bonchev–Trinajstić information content (AvgIpc) is 2.61. The van der Waals surface area contributed by atoms with E-state index in [2.05, 4.69) is 0 Å². The van der Waals surface area contributed by atoms with Crippen molar-refractivity contribution in [1.29, 1.82) is 0 Å². The molecule has 0 aliphatic rings. The molecule has 8 heteroatoms. The Morgan fingerprint density at radius 2 is 0.769 bits per heavy atom. The second-order valence-corrected chi connectivity index (χ2v) is 8.55. The van der Waals surface area contributed by atoms with Crippen molar-refractivity contribution in [2.24, 2.45) is 0 Å². The zero-order chi connectivity index (χ0) is 19.1. The van der Waals surface area contributed by atoms with Gasteiger partial charge in [0.2, 0.25) is 0 Å². The molecule has 3 rings (SSSR count). The first-order valence-electron chi connectivity index (χ1n) is 7.34. The van der Waals surface area contributed by atoms with Gasteiger partial charge in [0, 0.05) is 15.6 Å². The lowest BCUT2D eigenvalue weighted by Gasteiger charge is -2.28. The molecule has 0 aliphatic heterocycles. The summed E-state index contributed by atoms with van der Waals surface area (Å²) in [5.41, 5.74) is 0. The smallest absolute Gasteiger partial charge is 0.294 e. The third-order valence-electron chi connectivity index (χ3n) is 4.02. The Morgan fingerprint density at radius 3 is 1.04 bits per heavy atom. The molecule has 0 heterocycles. The second-order valence-electron chi connectivity index (χ2n) is 5.51. The van der Waals surface area contributed by atoms with E-state index in [9.17, 15) is 31.1 Å². The van der Waals surface area contributed by atoms with E-state index in [1.165, 1.54) is 0 Å². The van der Waals surface area contributed by atoms with Crippen LogP contribution in [0.15, 0.2) is 54.6 Å². The zero-order valence-corrected chi connectivity index (χ0v) is 13.9. The molecule has 0 aliphatic carbocycles. The van der Waals surface area contributed by atoms with Gasteiger partial charge in [-0.3, -0.25) is 0 Å². The predicted octanol–water partition coefficient (Wildman–Crippen LogP) is 2.48. The zero-order valence-electron chi connectivity index (χ0n) is 12.9. The van der Waals surface area contributed by atoms with Gasteiger partial charge in [-0.15, -0.1) is 0 Å². The molecule has 1 nitrogen and oxygen atoms in total. The summed E-state index contributed by atoms with van der Waals surface area (Å²) in [6.45, 7) is 0. The first kappa shape index (κ1) is 18.2. The SMILES string of the molecule is O[Si](c1cccc(F)c1F)(c1cccc(F)c1F)c1cccc(F)c1F. The van der Waals surface area contributed by atoms with Crippen molar-refractivity contribution >= 4 is 23.9 Å². The van der Waals surface area contributed by atoms with Crippen molar-refractivity contribution in [3.8, 4) is 0 Å². The summed E-state index contributed by atoms with van der Waals surface area (Å²) in [6.07, 6.45) is 0. The van der Waals surface area contributed by atoms with E-state index in [1.807, 2.05) is 0 Å². The molecule has 0 unspecified atom stereocenters. The van der Waals surface area contributed by atoms with Crippen molar-refractivity contribution in [2.45, 2.75) is 0 Å². The van der Waals surface area contributed by atoms with Crippen LogP contribution in [0.25, 0.3) is 0 Å². The summed E-state index contributed by atoms with van der Waals surface area (Å²) in [5, 5.41) is -2.27. The maximum absolute atomic E-state index is 14.4. The highest BCUT2D eigenvalue weighted by molar-refractivity contribution is 7.06. The first-order chi connectivity index (χ1) is 12.3. The monoisotopic (exact) mass is 384 g/mol. The average molecular weight is 384 g/mol. The van der Waals surface area contributed by atoms with Gasteiger partial charge in [-0.05, 0) is 18.2 Å². The van der Waals surface area contributed by atoms with Crippen LogP contribution in [0.2, 0.25) is 0 Å². The minimum Gasteiger partial charge on any atom is -0.421 e.